The fraction of sp³-hybridized carbons (Fsp3) is 0.714. The molecular weight excluding hydrogens is 344 g/mol. The fourth-order valence-corrected chi connectivity index (χ4v) is 6.06. The Bertz CT molecular complexity index is 679. The number of hydrogen-bond donors (Lipinski definition) is 0. The largest absolute Gasteiger partial charge is 0.342 e. The molecule has 142 valence electrons. The summed E-state index contributed by atoms with van der Waals surface area (Å²) in [6.07, 6.45) is 9.41. The van der Waals surface area contributed by atoms with Crippen molar-refractivity contribution < 1.29 is 9.59 Å². The maximum Gasteiger partial charge on any atom is 0.264 e. The van der Waals surface area contributed by atoms with Crippen LogP contribution in [0.25, 0.3) is 0 Å². The van der Waals surface area contributed by atoms with E-state index in [0.717, 1.165) is 49.3 Å². The number of carbonyl (C=O) groups is 2. The van der Waals surface area contributed by atoms with Crippen molar-refractivity contribution in [1.82, 2.24) is 9.80 Å². The van der Waals surface area contributed by atoms with Crippen LogP contribution in [0, 0.1) is 18.3 Å². The number of piperidine rings is 1. The van der Waals surface area contributed by atoms with Crippen molar-refractivity contribution in [2.24, 2.45) is 11.3 Å². The Balaban J connectivity index is 1.43. The summed E-state index contributed by atoms with van der Waals surface area (Å²) in [5.74, 6) is 1.13. The molecule has 1 aromatic heterocycles. The minimum absolute atomic E-state index is 0.117. The molecule has 3 aliphatic rings. The second-order valence-corrected chi connectivity index (χ2v) is 9.46. The summed E-state index contributed by atoms with van der Waals surface area (Å²) < 4.78 is 0. The first-order valence-electron chi connectivity index (χ1n) is 10.2. The van der Waals surface area contributed by atoms with Gasteiger partial charge in [-0.05, 0) is 62.0 Å². The Kier molecular flexibility index (Phi) is 5.09. The Morgan fingerprint density at radius 1 is 1.19 bits per heavy atom. The van der Waals surface area contributed by atoms with Gasteiger partial charge >= 0.3 is 0 Å². The van der Waals surface area contributed by atoms with Gasteiger partial charge in [0.2, 0.25) is 5.91 Å². The van der Waals surface area contributed by atoms with Crippen molar-refractivity contribution in [2.45, 2.75) is 58.3 Å². The molecule has 2 amide bonds. The molecule has 0 radical (unpaired) electrons. The molecule has 0 aromatic carbocycles. The van der Waals surface area contributed by atoms with Gasteiger partial charge in [-0.2, -0.15) is 0 Å². The lowest BCUT2D eigenvalue weighted by Gasteiger charge is -2.41. The van der Waals surface area contributed by atoms with Crippen molar-refractivity contribution in [3.05, 3.63) is 21.9 Å². The zero-order valence-electron chi connectivity index (χ0n) is 15.8. The number of aryl methyl sites for hydroxylation is 1. The van der Waals surface area contributed by atoms with Gasteiger partial charge in [-0.15, -0.1) is 11.3 Å². The molecule has 0 N–H and O–H groups in total. The molecule has 0 bridgehead atoms. The molecule has 4 rings (SSSR count). The summed E-state index contributed by atoms with van der Waals surface area (Å²) >= 11 is 1.52. The molecule has 4 nitrogen and oxygen atoms in total. The van der Waals surface area contributed by atoms with Gasteiger partial charge in [0, 0.05) is 26.2 Å². The number of carbonyl (C=O) groups excluding carboxylic acids is 2. The first kappa shape index (κ1) is 18.0. The molecule has 2 saturated heterocycles. The molecule has 1 spiro atoms. The van der Waals surface area contributed by atoms with Gasteiger partial charge < -0.3 is 9.80 Å². The third-order valence-corrected chi connectivity index (χ3v) is 7.73. The van der Waals surface area contributed by atoms with Gasteiger partial charge in [0.15, 0.2) is 0 Å². The van der Waals surface area contributed by atoms with E-state index in [2.05, 4.69) is 4.90 Å². The van der Waals surface area contributed by atoms with Crippen LogP contribution in [0.3, 0.4) is 0 Å². The predicted molar refractivity (Wildman–Crippen MR) is 104 cm³/mol. The van der Waals surface area contributed by atoms with Crippen molar-refractivity contribution >= 4 is 23.2 Å². The lowest BCUT2D eigenvalue weighted by molar-refractivity contribution is -0.146. The lowest BCUT2D eigenvalue weighted by Crippen LogP contribution is -2.51. The van der Waals surface area contributed by atoms with Gasteiger partial charge in [-0.25, -0.2) is 0 Å². The Morgan fingerprint density at radius 3 is 2.73 bits per heavy atom. The number of amides is 2. The van der Waals surface area contributed by atoms with Gasteiger partial charge in [0.25, 0.3) is 5.91 Å². The van der Waals surface area contributed by atoms with Gasteiger partial charge in [0.05, 0.1) is 10.3 Å². The molecule has 0 unspecified atom stereocenters. The lowest BCUT2D eigenvalue weighted by atomic mass is 9.77. The van der Waals surface area contributed by atoms with Crippen LogP contribution in [0.2, 0.25) is 0 Å². The van der Waals surface area contributed by atoms with Crippen molar-refractivity contribution in [3.8, 4) is 0 Å². The highest BCUT2D eigenvalue weighted by Crippen LogP contribution is 2.41. The van der Waals surface area contributed by atoms with Crippen LogP contribution in [-0.2, 0) is 4.79 Å². The van der Waals surface area contributed by atoms with Crippen molar-refractivity contribution in [2.75, 3.05) is 26.2 Å². The smallest absolute Gasteiger partial charge is 0.264 e. The molecule has 2 aliphatic heterocycles. The highest BCUT2D eigenvalue weighted by molar-refractivity contribution is 7.12. The zero-order valence-corrected chi connectivity index (χ0v) is 16.7. The molecule has 1 atom stereocenters. The first-order valence-corrected chi connectivity index (χ1v) is 11.1. The Morgan fingerprint density at radius 2 is 2.00 bits per heavy atom. The van der Waals surface area contributed by atoms with Crippen LogP contribution in [0.5, 0.6) is 0 Å². The van der Waals surface area contributed by atoms with Gasteiger partial charge in [0.1, 0.15) is 0 Å². The van der Waals surface area contributed by atoms with Crippen LogP contribution >= 0.6 is 11.3 Å². The average molecular weight is 375 g/mol. The SMILES string of the molecule is Cc1ccsc1C(=O)N1CC[C@@]2(CCCN(CC3CCCCC3)C2=O)C1. The number of hydrogen-bond acceptors (Lipinski definition) is 3. The van der Waals surface area contributed by atoms with Crippen molar-refractivity contribution in [1.29, 1.82) is 0 Å². The molecule has 3 fully saturated rings. The molecular formula is C21H30N2O2S. The van der Waals surface area contributed by atoms with E-state index in [0.29, 0.717) is 18.4 Å². The van der Waals surface area contributed by atoms with Crippen LogP contribution in [0.4, 0.5) is 0 Å². The molecule has 3 heterocycles. The second-order valence-electron chi connectivity index (χ2n) is 8.55. The summed E-state index contributed by atoms with van der Waals surface area (Å²) in [6, 6.07) is 2.00. The highest BCUT2D eigenvalue weighted by Gasteiger charge is 2.49. The quantitative estimate of drug-likeness (QED) is 0.799. The Hall–Kier alpha value is -1.36. The number of thiophene rings is 1. The van der Waals surface area contributed by atoms with E-state index >= 15 is 0 Å². The van der Waals surface area contributed by atoms with Crippen LogP contribution in [0.15, 0.2) is 11.4 Å². The third-order valence-electron chi connectivity index (χ3n) is 6.72. The summed E-state index contributed by atoms with van der Waals surface area (Å²) in [5.41, 5.74) is 0.739. The molecule has 1 saturated carbocycles. The fourth-order valence-electron chi connectivity index (χ4n) is 5.17. The minimum atomic E-state index is -0.312. The summed E-state index contributed by atoms with van der Waals surface area (Å²) in [6.45, 7) is 5.18. The van der Waals surface area contributed by atoms with E-state index in [1.165, 1.54) is 43.4 Å². The Labute approximate surface area is 160 Å². The van der Waals surface area contributed by atoms with Crippen LogP contribution in [-0.4, -0.2) is 47.8 Å². The molecule has 26 heavy (non-hydrogen) atoms. The van der Waals surface area contributed by atoms with Crippen LogP contribution in [0.1, 0.15) is 66.6 Å². The number of rotatable bonds is 3. The zero-order chi connectivity index (χ0) is 18.1. The standard InChI is InChI=1S/C21H30N2O2S/c1-16-8-13-26-18(16)19(24)23-12-10-21(15-23)9-5-11-22(20(21)25)14-17-6-3-2-4-7-17/h8,13,17H,2-7,9-12,14-15H2,1H3/t21-/m0/s1. The highest BCUT2D eigenvalue weighted by atomic mass is 32.1. The number of likely N-dealkylation sites (tertiary alicyclic amines) is 2. The van der Waals surface area contributed by atoms with E-state index in [-0.39, 0.29) is 11.3 Å². The molecule has 5 heteroatoms. The topological polar surface area (TPSA) is 40.6 Å². The van der Waals surface area contributed by atoms with Gasteiger partial charge in [-0.1, -0.05) is 19.3 Å². The summed E-state index contributed by atoms with van der Waals surface area (Å²) in [5, 5.41) is 1.98. The maximum atomic E-state index is 13.3. The van der Waals surface area contributed by atoms with E-state index in [9.17, 15) is 9.59 Å². The average Bonchev–Trinajstić information content (AvgIpc) is 3.27. The normalized spacial score (nSPS) is 27.5. The minimum Gasteiger partial charge on any atom is -0.342 e. The molecule has 1 aliphatic carbocycles. The van der Waals surface area contributed by atoms with E-state index < -0.39 is 0 Å². The number of nitrogens with zero attached hydrogens (tertiary/aromatic N) is 2. The molecule has 1 aromatic rings. The second kappa shape index (κ2) is 7.34. The predicted octanol–water partition coefficient (Wildman–Crippen LogP) is 4.09. The monoisotopic (exact) mass is 374 g/mol. The maximum absolute atomic E-state index is 13.3. The first-order chi connectivity index (χ1) is 12.6. The third kappa shape index (κ3) is 3.30. The van der Waals surface area contributed by atoms with Gasteiger partial charge in [-0.3, -0.25) is 9.59 Å². The van der Waals surface area contributed by atoms with E-state index in [1.807, 2.05) is 23.3 Å². The van der Waals surface area contributed by atoms with Crippen molar-refractivity contribution in [3.63, 3.8) is 0 Å². The van der Waals surface area contributed by atoms with Crippen LogP contribution < -0.4 is 0 Å². The summed E-state index contributed by atoms with van der Waals surface area (Å²) in [7, 11) is 0. The summed E-state index contributed by atoms with van der Waals surface area (Å²) in [4.78, 5) is 31.1. The van der Waals surface area contributed by atoms with E-state index in [4.69, 9.17) is 0 Å². The van der Waals surface area contributed by atoms with E-state index in [1.54, 1.807) is 0 Å².